The number of amides is 1. The highest BCUT2D eigenvalue weighted by Gasteiger charge is 2.27. The lowest BCUT2D eigenvalue weighted by Crippen LogP contribution is -2.42. The lowest BCUT2D eigenvalue weighted by Gasteiger charge is -2.32. The number of halogens is 1. The molecule has 1 aliphatic heterocycles. The van der Waals surface area contributed by atoms with Gasteiger partial charge < -0.3 is 10.1 Å². The molecule has 2 heterocycles. The molecule has 1 amide bonds. The van der Waals surface area contributed by atoms with Gasteiger partial charge in [-0.1, -0.05) is 48.0 Å². The van der Waals surface area contributed by atoms with Gasteiger partial charge in [-0.3, -0.25) is 14.7 Å². The van der Waals surface area contributed by atoms with Crippen LogP contribution in [0.1, 0.15) is 30.0 Å². The first-order valence-electron chi connectivity index (χ1n) is 11.0. The van der Waals surface area contributed by atoms with Crippen molar-refractivity contribution in [2.24, 2.45) is 5.92 Å². The normalized spacial score (nSPS) is 15.8. The van der Waals surface area contributed by atoms with Gasteiger partial charge in [0.2, 0.25) is 5.91 Å². The van der Waals surface area contributed by atoms with E-state index in [-0.39, 0.29) is 17.9 Å². The minimum Gasteiger partial charge on any atom is -0.492 e. The van der Waals surface area contributed by atoms with E-state index in [1.54, 1.807) is 12.4 Å². The second kappa shape index (κ2) is 11.1. The van der Waals surface area contributed by atoms with Crippen molar-refractivity contribution in [1.82, 2.24) is 15.2 Å². The number of carbonyl (C=O) groups is 1. The molecule has 32 heavy (non-hydrogen) atoms. The molecule has 1 fully saturated rings. The third kappa shape index (κ3) is 6.09. The summed E-state index contributed by atoms with van der Waals surface area (Å²) in [6, 6.07) is 21.1. The Labute approximate surface area is 194 Å². The van der Waals surface area contributed by atoms with Gasteiger partial charge in [-0.05, 0) is 67.4 Å². The number of piperidine rings is 1. The summed E-state index contributed by atoms with van der Waals surface area (Å²) in [6.07, 6.45) is 5.23. The van der Waals surface area contributed by atoms with E-state index in [9.17, 15) is 4.79 Å². The standard InChI is InChI=1S/C26H28ClN3O2/c27-23-10-8-20(9-11-23)25(22-5-4-14-28-19-22)29-26(31)21-12-15-30(16-13-21)17-18-32-24-6-2-1-3-7-24/h1-11,14,19,21,25H,12-13,15-18H2,(H,29,31)/t25-/m1/s1. The van der Waals surface area contributed by atoms with Crippen LogP contribution in [0.5, 0.6) is 5.75 Å². The molecule has 1 atom stereocenters. The molecule has 1 saturated heterocycles. The number of nitrogens with one attached hydrogen (secondary N) is 1. The predicted molar refractivity (Wildman–Crippen MR) is 127 cm³/mol. The first-order valence-corrected chi connectivity index (χ1v) is 11.4. The fraction of sp³-hybridized carbons (Fsp3) is 0.308. The summed E-state index contributed by atoms with van der Waals surface area (Å²) < 4.78 is 5.81. The smallest absolute Gasteiger partial charge is 0.223 e. The van der Waals surface area contributed by atoms with Gasteiger partial charge in [0.1, 0.15) is 12.4 Å². The quantitative estimate of drug-likeness (QED) is 0.540. The molecule has 166 valence electrons. The number of benzene rings is 2. The number of para-hydroxylation sites is 1. The van der Waals surface area contributed by atoms with Gasteiger partial charge in [-0.2, -0.15) is 0 Å². The molecule has 6 heteroatoms. The molecule has 3 aromatic rings. The number of rotatable bonds is 8. The van der Waals surface area contributed by atoms with E-state index in [2.05, 4.69) is 15.2 Å². The molecule has 2 aromatic carbocycles. The maximum atomic E-state index is 13.1. The van der Waals surface area contributed by atoms with Crippen molar-refractivity contribution in [3.05, 3.63) is 95.3 Å². The minimum atomic E-state index is -0.245. The molecule has 0 bridgehead atoms. The topological polar surface area (TPSA) is 54.5 Å². The summed E-state index contributed by atoms with van der Waals surface area (Å²) in [5, 5.41) is 3.93. The van der Waals surface area contributed by atoms with Gasteiger partial charge in [-0.25, -0.2) is 0 Å². The molecule has 4 rings (SSSR count). The van der Waals surface area contributed by atoms with Crippen LogP contribution in [0.15, 0.2) is 79.1 Å². The van der Waals surface area contributed by atoms with Crippen molar-refractivity contribution < 1.29 is 9.53 Å². The molecule has 1 aliphatic rings. The van der Waals surface area contributed by atoms with Crippen molar-refractivity contribution in [3.63, 3.8) is 0 Å². The summed E-state index contributed by atoms with van der Waals surface area (Å²) >= 11 is 6.06. The first kappa shape index (κ1) is 22.3. The molecule has 0 aliphatic carbocycles. The monoisotopic (exact) mass is 449 g/mol. The van der Waals surface area contributed by atoms with E-state index in [1.165, 1.54) is 0 Å². The lowest BCUT2D eigenvalue weighted by molar-refractivity contribution is -0.127. The number of nitrogens with zero attached hydrogens (tertiary/aromatic N) is 2. The van der Waals surface area contributed by atoms with Crippen molar-refractivity contribution in [2.45, 2.75) is 18.9 Å². The zero-order valence-corrected chi connectivity index (χ0v) is 18.7. The highest BCUT2D eigenvalue weighted by Crippen LogP contribution is 2.25. The molecule has 0 radical (unpaired) electrons. The zero-order valence-electron chi connectivity index (χ0n) is 18.0. The van der Waals surface area contributed by atoms with Crippen molar-refractivity contribution in [3.8, 4) is 5.75 Å². The second-order valence-corrected chi connectivity index (χ2v) is 8.49. The third-order valence-electron chi connectivity index (χ3n) is 5.89. The molecule has 0 spiro atoms. The van der Waals surface area contributed by atoms with Crippen LogP contribution in [0.2, 0.25) is 5.02 Å². The SMILES string of the molecule is O=C(N[C@H](c1ccc(Cl)cc1)c1cccnc1)C1CCN(CCOc2ccccc2)CC1. The number of carbonyl (C=O) groups excluding carboxylic acids is 1. The van der Waals surface area contributed by atoms with Gasteiger partial charge in [0.15, 0.2) is 0 Å². The van der Waals surface area contributed by atoms with Crippen LogP contribution in [-0.2, 0) is 4.79 Å². The second-order valence-electron chi connectivity index (χ2n) is 8.06. The maximum Gasteiger partial charge on any atom is 0.223 e. The molecular weight excluding hydrogens is 422 g/mol. The Kier molecular flexibility index (Phi) is 7.75. The van der Waals surface area contributed by atoms with Crippen molar-refractivity contribution >= 4 is 17.5 Å². The summed E-state index contributed by atoms with van der Waals surface area (Å²) in [5.41, 5.74) is 1.95. The van der Waals surface area contributed by atoms with Gasteiger partial charge in [-0.15, -0.1) is 0 Å². The first-order chi connectivity index (χ1) is 15.7. The average molecular weight is 450 g/mol. The van der Waals surface area contributed by atoms with E-state index in [4.69, 9.17) is 16.3 Å². The minimum absolute atomic E-state index is 0.00719. The highest BCUT2D eigenvalue weighted by atomic mass is 35.5. The largest absolute Gasteiger partial charge is 0.492 e. The Morgan fingerprint density at radius 1 is 1.03 bits per heavy atom. The summed E-state index contributed by atoms with van der Waals surface area (Å²) in [5.74, 6) is 0.993. The van der Waals surface area contributed by atoms with Crippen LogP contribution >= 0.6 is 11.6 Å². The summed E-state index contributed by atoms with van der Waals surface area (Å²) in [6.45, 7) is 3.32. The highest BCUT2D eigenvalue weighted by molar-refractivity contribution is 6.30. The molecule has 0 saturated carbocycles. The number of likely N-dealkylation sites (tertiary alicyclic amines) is 1. The van der Waals surface area contributed by atoms with Gasteiger partial charge in [0.25, 0.3) is 0 Å². The van der Waals surface area contributed by atoms with Gasteiger partial charge >= 0.3 is 0 Å². The van der Waals surface area contributed by atoms with Crippen LogP contribution in [0.4, 0.5) is 0 Å². The van der Waals surface area contributed by atoms with E-state index >= 15 is 0 Å². The molecule has 5 nitrogen and oxygen atoms in total. The van der Waals surface area contributed by atoms with E-state index in [0.717, 1.165) is 49.4 Å². The predicted octanol–water partition coefficient (Wildman–Crippen LogP) is 4.73. The zero-order chi connectivity index (χ0) is 22.2. The Balaban J connectivity index is 1.31. The van der Waals surface area contributed by atoms with Crippen LogP contribution < -0.4 is 10.1 Å². The number of ether oxygens (including phenoxy) is 1. The Bertz CT molecular complexity index is 975. The molecular formula is C26H28ClN3O2. The van der Waals surface area contributed by atoms with Crippen LogP contribution in [0.25, 0.3) is 0 Å². The molecule has 1 N–H and O–H groups in total. The maximum absolute atomic E-state index is 13.1. The number of aromatic nitrogens is 1. The number of hydrogen-bond donors (Lipinski definition) is 1. The van der Waals surface area contributed by atoms with Crippen molar-refractivity contribution in [2.75, 3.05) is 26.2 Å². The Morgan fingerprint density at radius 3 is 2.47 bits per heavy atom. The number of pyridine rings is 1. The van der Waals surface area contributed by atoms with Gasteiger partial charge in [0.05, 0.1) is 6.04 Å². The Hall–Kier alpha value is -2.89. The van der Waals surface area contributed by atoms with Crippen molar-refractivity contribution in [1.29, 1.82) is 0 Å². The number of hydrogen-bond acceptors (Lipinski definition) is 4. The van der Waals surface area contributed by atoms with Crippen LogP contribution in [0, 0.1) is 5.92 Å². The van der Waals surface area contributed by atoms with E-state index in [0.29, 0.717) is 11.6 Å². The fourth-order valence-electron chi connectivity index (χ4n) is 4.05. The van der Waals surface area contributed by atoms with E-state index in [1.807, 2.05) is 66.7 Å². The van der Waals surface area contributed by atoms with Crippen LogP contribution in [0.3, 0.4) is 0 Å². The summed E-state index contributed by atoms with van der Waals surface area (Å²) in [7, 11) is 0. The lowest BCUT2D eigenvalue weighted by atomic mass is 9.94. The van der Waals surface area contributed by atoms with Crippen LogP contribution in [-0.4, -0.2) is 42.0 Å². The third-order valence-corrected chi connectivity index (χ3v) is 6.14. The van der Waals surface area contributed by atoms with E-state index < -0.39 is 0 Å². The average Bonchev–Trinajstić information content (AvgIpc) is 2.85. The van der Waals surface area contributed by atoms with Gasteiger partial charge in [0, 0.05) is 29.9 Å². The Morgan fingerprint density at radius 2 is 1.78 bits per heavy atom. The fourth-order valence-corrected chi connectivity index (χ4v) is 4.18. The summed E-state index contributed by atoms with van der Waals surface area (Å²) in [4.78, 5) is 19.7. The molecule has 1 aromatic heterocycles. The molecule has 0 unspecified atom stereocenters.